The average Bonchev–Trinajstić information content (AvgIpc) is 3.53. The highest BCUT2D eigenvalue weighted by molar-refractivity contribution is 8.00. The SMILES string of the molecule is CCOC(=O)c1c(-c2ccc(C)cc2)csc1NC(=O)CSc1ncnc2scc(-c3ccc(C)cc3)c12. The maximum atomic E-state index is 13.1. The minimum atomic E-state index is -0.453. The maximum absolute atomic E-state index is 13.1. The number of nitrogens with zero attached hydrogens (tertiary/aromatic N) is 2. The van der Waals surface area contributed by atoms with Gasteiger partial charge in [0.05, 0.1) is 17.7 Å². The molecule has 0 spiro atoms. The molecule has 1 N–H and O–H groups in total. The number of hydrogen-bond acceptors (Lipinski definition) is 8. The first-order valence-electron chi connectivity index (χ1n) is 12.0. The summed E-state index contributed by atoms with van der Waals surface area (Å²) >= 11 is 4.23. The number of aromatic nitrogens is 2. The van der Waals surface area contributed by atoms with Crippen molar-refractivity contribution in [1.29, 1.82) is 0 Å². The lowest BCUT2D eigenvalue weighted by atomic mass is 10.0. The third-order valence-electron chi connectivity index (χ3n) is 5.92. The van der Waals surface area contributed by atoms with Gasteiger partial charge >= 0.3 is 5.97 Å². The van der Waals surface area contributed by atoms with Gasteiger partial charge in [0.25, 0.3) is 0 Å². The number of thioether (sulfide) groups is 1. The van der Waals surface area contributed by atoms with Gasteiger partial charge in [-0.15, -0.1) is 22.7 Å². The number of aryl methyl sites for hydroxylation is 2. The Morgan fingerprint density at radius 3 is 2.18 bits per heavy atom. The molecule has 3 heterocycles. The predicted molar refractivity (Wildman–Crippen MR) is 157 cm³/mol. The minimum Gasteiger partial charge on any atom is -0.462 e. The van der Waals surface area contributed by atoms with Gasteiger partial charge in [-0.25, -0.2) is 14.8 Å². The van der Waals surface area contributed by atoms with Crippen molar-refractivity contribution in [3.8, 4) is 22.3 Å². The molecule has 0 aliphatic heterocycles. The highest BCUT2D eigenvalue weighted by atomic mass is 32.2. The number of ether oxygens (including phenoxy) is 1. The topological polar surface area (TPSA) is 81.2 Å². The normalized spacial score (nSPS) is 11.0. The Hall–Kier alpha value is -3.53. The van der Waals surface area contributed by atoms with Crippen LogP contribution in [-0.2, 0) is 9.53 Å². The largest absolute Gasteiger partial charge is 0.462 e. The zero-order valence-electron chi connectivity index (χ0n) is 21.1. The number of carbonyl (C=O) groups excluding carboxylic acids is 2. The molecule has 0 saturated heterocycles. The van der Waals surface area contributed by atoms with Crippen LogP contribution in [0.5, 0.6) is 0 Å². The van der Waals surface area contributed by atoms with E-state index >= 15 is 0 Å². The lowest BCUT2D eigenvalue weighted by Crippen LogP contribution is -2.16. The molecule has 0 fully saturated rings. The first kappa shape index (κ1) is 26.1. The first-order valence-corrected chi connectivity index (χ1v) is 14.8. The number of esters is 1. The molecule has 5 rings (SSSR count). The summed E-state index contributed by atoms with van der Waals surface area (Å²) in [4.78, 5) is 35.7. The van der Waals surface area contributed by atoms with Gasteiger partial charge in [-0.2, -0.15) is 0 Å². The van der Waals surface area contributed by atoms with Crippen molar-refractivity contribution >= 4 is 61.5 Å². The molecular formula is C29H25N3O3S3. The number of nitrogens with one attached hydrogen (secondary N) is 1. The van der Waals surface area contributed by atoms with Crippen molar-refractivity contribution in [2.24, 2.45) is 0 Å². The molecule has 0 bridgehead atoms. The summed E-state index contributed by atoms with van der Waals surface area (Å²) < 4.78 is 5.32. The van der Waals surface area contributed by atoms with Crippen LogP contribution in [-0.4, -0.2) is 34.2 Å². The van der Waals surface area contributed by atoms with E-state index in [0.29, 0.717) is 10.6 Å². The summed E-state index contributed by atoms with van der Waals surface area (Å²) in [5.74, 6) is -0.544. The second-order valence-electron chi connectivity index (χ2n) is 8.65. The molecule has 0 saturated carbocycles. The summed E-state index contributed by atoms with van der Waals surface area (Å²) in [6.07, 6.45) is 1.53. The molecule has 192 valence electrons. The van der Waals surface area contributed by atoms with E-state index < -0.39 is 5.97 Å². The molecule has 3 aromatic heterocycles. The molecule has 38 heavy (non-hydrogen) atoms. The van der Waals surface area contributed by atoms with Crippen molar-refractivity contribution in [3.05, 3.63) is 82.3 Å². The summed E-state index contributed by atoms with van der Waals surface area (Å²) in [6.45, 7) is 6.09. The molecule has 0 aliphatic rings. The quantitative estimate of drug-likeness (QED) is 0.120. The lowest BCUT2D eigenvalue weighted by Gasteiger charge is -2.09. The molecule has 6 nitrogen and oxygen atoms in total. The molecule has 0 radical (unpaired) electrons. The van der Waals surface area contributed by atoms with Crippen LogP contribution in [0.3, 0.4) is 0 Å². The smallest absolute Gasteiger partial charge is 0.341 e. The number of amides is 1. The van der Waals surface area contributed by atoms with Crippen LogP contribution in [0.2, 0.25) is 0 Å². The molecule has 5 aromatic rings. The van der Waals surface area contributed by atoms with Crippen molar-refractivity contribution < 1.29 is 14.3 Å². The average molecular weight is 560 g/mol. The van der Waals surface area contributed by atoms with Gasteiger partial charge in [0.1, 0.15) is 26.7 Å². The fourth-order valence-electron chi connectivity index (χ4n) is 4.00. The van der Waals surface area contributed by atoms with Gasteiger partial charge in [0.2, 0.25) is 5.91 Å². The van der Waals surface area contributed by atoms with E-state index in [-0.39, 0.29) is 18.3 Å². The molecule has 2 aromatic carbocycles. The number of benzene rings is 2. The Balaban J connectivity index is 1.38. The zero-order valence-corrected chi connectivity index (χ0v) is 23.6. The van der Waals surface area contributed by atoms with Gasteiger partial charge in [-0.05, 0) is 31.9 Å². The molecular weight excluding hydrogens is 535 g/mol. The third kappa shape index (κ3) is 5.50. The van der Waals surface area contributed by atoms with Crippen molar-refractivity contribution in [1.82, 2.24) is 9.97 Å². The highest BCUT2D eigenvalue weighted by Gasteiger charge is 2.23. The van der Waals surface area contributed by atoms with Gasteiger partial charge in [0, 0.05) is 21.9 Å². The Bertz CT molecular complexity index is 1610. The number of thiophene rings is 2. The van der Waals surface area contributed by atoms with Crippen LogP contribution < -0.4 is 5.32 Å². The van der Waals surface area contributed by atoms with Gasteiger partial charge < -0.3 is 10.1 Å². The lowest BCUT2D eigenvalue weighted by molar-refractivity contribution is -0.113. The number of rotatable bonds is 8. The van der Waals surface area contributed by atoms with Crippen LogP contribution in [0.4, 0.5) is 5.00 Å². The Morgan fingerprint density at radius 1 is 0.895 bits per heavy atom. The van der Waals surface area contributed by atoms with E-state index in [9.17, 15) is 9.59 Å². The Morgan fingerprint density at radius 2 is 1.53 bits per heavy atom. The second kappa shape index (κ2) is 11.5. The first-order chi connectivity index (χ1) is 18.4. The van der Waals surface area contributed by atoms with E-state index in [1.54, 1.807) is 18.3 Å². The standard InChI is InChI=1S/C29H25N3O3S3/c1-4-35-29(34)25-22(20-11-7-18(3)8-12-20)14-37-28(25)32-23(33)15-38-27-24-21(13-36-26(24)30-16-31-27)19-9-5-17(2)6-10-19/h5-14,16H,4,15H2,1-3H3,(H,32,33). The van der Waals surface area contributed by atoms with Crippen LogP contribution in [0.15, 0.2) is 70.6 Å². The van der Waals surface area contributed by atoms with Gasteiger partial charge in [-0.3, -0.25) is 4.79 Å². The number of fused-ring (bicyclic) bond motifs is 1. The third-order valence-corrected chi connectivity index (χ3v) is 8.70. The maximum Gasteiger partial charge on any atom is 0.341 e. The van der Waals surface area contributed by atoms with Crippen molar-refractivity contribution in [3.63, 3.8) is 0 Å². The van der Waals surface area contributed by atoms with Gasteiger partial charge in [-0.1, -0.05) is 71.4 Å². The van der Waals surface area contributed by atoms with Crippen molar-refractivity contribution in [2.45, 2.75) is 25.8 Å². The number of carbonyl (C=O) groups is 2. The Labute approximate surface area is 233 Å². The van der Waals surface area contributed by atoms with Crippen LogP contribution >= 0.6 is 34.4 Å². The van der Waals surface area contributed by atoms with Crippen LogP contribution in [0.1, 0.15) is 28.4 Å². The van der Waals surface area contributed by atoms with Crippen LogP contribution in [0.25, 0.3) is 32.5 Å². The van der Waals surface area contributed by atoms with E-state index in [0.717, 1.165) is 43.1 Å². The van der Waals surface area contributed by atoms with Gasteiger partial charge in [0.15, 0.2) is 0 Å². The molecule has 0 unspecified atom stereocenters. The molecule has 0 atom stereocenters. The minimum absolute atomic E-state index is 0.134. The predicted octanol–water partition coefficient (Wildman–Crippen LogP) is 7.61. The molecule has 0 aliphatic carbocycles. The second-order valence-corrected chi connectivity index (χ2v) is 11.4. The summed E-state index contributed by atoms with van der Waals surface area (Å²) in [5, 5.41) is 9.07. The highest BCUT2D eigenvalue weighted by Crippen LogP contribution is 2.39. The Kier molecular flexibility index (Phi) is 7.87. The summed E-state index contributed by atoms with van der Waals surface area (Å²) in [6, 6.07) is 16.3. The van der Waals surface area contributed by atoms with E-state index in [1.807, 2.05) is 36.6 Å². The fourth-order valence-corrected chi connectivity index (χ4v) is 6.77. The van der Waals surface area contributed by atoms with Crippen molar-refractivity contribution in [2.75, 3.05) is 17.7 Å². The number of anilines is 1. The summed E-state index contributed by atoms with van der Waals surface area (Å²) in [5.41, 5.74) is 6.48. The number of hydrogen-bond donors (Lipinski definition) is 1. The van der Waals surface area contributed by atoms with Crippen LogP contribution in [0, 0.1) is 13.8 Å². The molecule has 9 heteroatoms. The van der Waals surface area contributed by atoms with E-state index in [1.165, 1.54) is 35.0 Å². The molecule has 1 amide bonds. The monoisotopic (exact) mass is 559 g/mol. The van der Waals surface area contributed by atoms with E-state index in [2.05, 4.69) is 51.9 Å². The van der Waals surface area contributed by atoms with E-state index in [4.69, 9.17) is 4.74 Å². The zero-order chi connectivity index (χ0) is 26.6. The summed E-state index contributed by atoms with van der Waals surface area (Å²) in [7, 11) is 0. The fraction of sp³-hybridized carbons (Fsp3) is 0.172.